The SMILES string of the molecule is CC(C)(C)NC(=O)N1CCN(c2ccc(NC(=O)c3ccco3)cc2C(=O)N2CCCC2)CC1. The normalized spacial score (nSPS) is 16.5. The molecule has 0 spiro atoms. The Kier molecular flexibility index (Phi) is 6.81. The van der Waals surface area contributed by atoms with Gasteiger partial charge in [0.05, 0.1) is 11.8 Å². The van der Waals surface area contributed by atoms with Gasteiger partial charge in [0.25, 0.3) is 11.8 Å². The van der Waals surface area contributed by atoms with Crippen LogP contribution in [-0.4, -0.2) is 72.5 Å². The second-order valence-corrected chi connectivity index (χ2v) is 9.82. The maximum Gasteiger partial charge on any atom is 0.317 e. The van der Waals surface area contributed by atoms with Crippen molar-refractivity contribution < 1.29 is 18.8 Å². The highest BCUT2D eigenvalue weighted by Gasteiger charge is 2.28. The molecule has 2 N–H and O–H groups in total. The first-order chi connectivity index (χ1) is 16.2. The van der Waals surface area contributed by atoms with E-state index in [2.05, 4.69) is 15.5 Å². The maximum absolute atomic E-state index is 13.4. The number of hydrogen-bond acceptors (Lipinski definition) is 5. The molecule has 1 aromatic heterocycles. The highest BCUT2D eigenvalue weighted by atomic mass is 16.3. The fraction of sp³-hybridized carbons (Fsp3) is 0.480. The lowest BCUT2D eigenvalue weighted by Gasteiger charge is -2.38. The monoisotopic (exact) mass is 467 g/mol. The van der Waals surface area contributed by atoms with Crippen molar-refractivity contribution >= 4 is 29.2 Å². The van der Waals surface area contributed by atoms with Gasteiger partial charge in [-0.25, -0.2) is 4.79 Å². The Hall–Kier alpha value is -3.49. The molecule has 9 heteroatoms. The third-order valence-corrected chi connectivity index (χ3v) is 6.01. The third kappa shape index (κ3) is 5.52. The van der Waals surface area contributed by atoms with Crippen LogP contribution >= 0.6 is 0 Å². The summed E-state index contributed by atoms with van der Waals surface area (Å²) in [5.41, 5.74) is 1.63. The largest absolute Gasteiger partial charge is 0.459 e. The number of hydrogen-bond donors (Lipinski definition) is 2. The molecule has 4 amide bonds. The molecule has 182 valence electrons. The number of rotatable bonds is 4. The van der Waals surface area contributed by atoms with Crippen LogP contribution < -0.4 is 15.5 Å². The Morgan fingerprint density at radius 3 is 2.24 bits per heavy atom. The molecule has 4 rings (SSSR count). The zero-order chi connectivity index (χ0) is 24.3. The van der Waals surface area contributed by atoms with Crippen LogP contribution in [0.15, 0.2) is 41.0 Å². The number of furan rings is 1. The predicted octanol–water partition coefficient (Wildman–Crippen LogP) is 3.40. The Bertz CT molecular complexity index is 1030. The molecule has 1 aromatic carbocycles. The van der Waals surface area contributed by atoms with Gasteiger partial charge in [0.15, 0.2) is 5.76 Å². The van der Waals surface area contributed by atoms with E-state index in [0.717, 1.165) is 31.6 Å². The van der Waals surface area contributed by atoms with Crippen LogP contribution in [0.1, 0.15) is 54.5 Å². The van der Waals surface area contributed by atoms with Crippen LogP contribution in [0.5, 0.6) is 0 Å². The smallest absolute Gasteiger partial charge is 0.317 e. The minimum Gasteiger partial charge on any atom is -0.459 e. The van der Waals surface area contributed by atoms with Gasteiger partial charge in [-0.1, -0.05) is 0 Å². The molecule has 2 aliphatic rings. The summed E-state index contributed by atoms with van der Waals surface area (Å²) >= 11 is 0. The van der Waals surface area contributed by atoms with Crippen LogP contribution in [0.3, 0.4) is 0 Å². The van der Waals surface area contributed by atoms with E-state index in [1.807, 2.05) is 36.6 Å². The Morgan fingerprint density at radius 2 is 1.62 bits per heavy atom. The summed E-state index contributed by atoms with van der Waals surface area (Å²) in [6.07, 6.45) is 3.44. The molecular formula is C25H33N5O4. The highest BCUT2D eigenvalue weighted by Crippen LogP contribution is 2.28. The van der Waals surface area contributed by atoms with Crippen molar-refractivity contribution in [3.63, 3.8) is 0 Å². The van der Waals surface area contributed by atoms with Crippen molar-refractivity contribution in [2.75, 3.05) is 49.5 Å². The summed E-state index contributed by atoms with van der Waals surface area (Å²) in [6, 6.07) is 8.60. The van der Waals surface area contributed by atoms with E-state index in [0.29, 0.717) is 37.4 Å². The van der Waals surface area contributed by atoms with Crippen LogP contribution in [0.25, 0.3) is 0 Å². The van der Waals surface area contributed by atoms with Gasteiger partial charge in [-0.3, -0.25) is 9.59 Å². The Labute approximate surface area is 200 Å². The van der Waals surface area contributed by atoms with Crippen LogP contribution in [-0.2, 0) is 0 Å². The van der Waals surface area contributed by atoms with Gasteiger partial charge in [0.2, 0.25) is 0 Å². The molecule has 0 saturated carbocycles. The topological polar surface area (TPSA) is 98.1 Å². The summed E-state index contributed by atoms with van der Waals surface area (Å²) < 4.78 is 5.17. The average Bonchev–Trinajstić information content (AvgIpc) is 3.52. The van der Waals surface area contributed by atoms with E-state index in [1.165, 1.54) is 6.26 Å². The standard InChI is InChI=1S/C25H33N5O4/c1-25(2,3)27-24(33)30-14-12-28(13-15-30)20-9-8-18(26-22(31)21-7-6-16-34-21)17-19(20)23(32)29-10-4-5-11-29/h6-9,16-17H,4-5,10-15H2,1-3H3,(H,26,31)(H,27,33). The minimum absolute atomic E-state index is 0.0329. The summed E-state index contributed by atoms with van der Waals surface area (Å²) in [5, 5.41) is 5.83. The van der Waals surface area contributed by atoms with Crippen LogP contribution in [0.2, 0.25) is 0 Å². The molecule has 0 unspecified atom stereocenters. The third-order valence-electron chi connectivity index (χ3n) is 6.01. The van der Waals surface area contributed by atoms with Crippen LogP contribution in [0, 0.1) is 0 Å². The summed E-state index contributed by atoms with van der Waals surface area (Å²) in [5.74, 6) is -0.188. The number of likely N-dealkylation sites (tertiary alicyclic amines) is 1. The molecule has 2 saturated heterocycles. The van der Waals surface area contributed by atoms with Gasteiger partial charge in [0, 0.05) is 56.2 Å². The second kappa shape index (κ2) is 9.79. The number of piperazine rings is 1. The number of urea groups is 1. The van der Waals surface area contributed by atoms with E-state index in [9.17, 15) is 14.4 Å². The molecule has 2 aliphatic heterocycles. The zero-order valence-corrected chi connectivity index (χ0v) is 20.1. The molecule has 2 fully saturated rings. The molecule has 3 heterocycles. The first-order valence-electron chi connectivity index (χ1n) is 11.8. The van der Waals surface area contributed by atoms with E-state index < -0.39 is 0 Å². The summed E-state index contributed by atoms with van der Waals surface area (Å²) in [4.78, 5) is 44.2. The van der Waals surface area contributed by atoms with Crippen molar-refractivity contribution in [1.29, 1.82) is 0 Å². The predicted molar refractivity (Wildman–Crippen MR) is 130 cm³/mol. The molecule has 0 radical (unpaired) electrons. The first-order valence-corrected chi connectivity index (χ1v) is 11.8. The van der Waals surface area contributed by atoms with Gasteiger partial charge in [-0.15, -0.1) is 0 Å². The number of amides is 4. The Balaban J connectivity index is 1.52. The number of nitrogens with zero attached hydrogens (tertiary/aromatic N) is 3. The second-order valence-electron chi connectivity index (χ2n) is 9.82. The van der Waals surface area contributed by atoms with Crippen molar-refractivity contribution in [2.24, 2.45) is 0 Å². The quantitative estimate of drug-likeness (QED) is 0.718. The summed E-state index contributed by atoms with van der Waals surface area (Å²) in [7, 11) is 0. The molecule has 0 aliphatic carbocycles. The molecule has 0 atom stereocenters. The molecule has 0 bridgehead atoms. The van der Waals surface area contributed by atoms with Crippen molar-refractivity contribution in [3.8, 4) is 0 Å². The fourth-order valence-corrected chi connectivity index (χ4v) is 4.30. The van der Waals surface area contributed by atoms with E-state index in [4.69, 9.17) is 4.42 Å². The van der Waals surface area contributed by atoms with Crippen molar-refractivity contribution in [1.82, 2.24) is 15.1 Å². The van der Waals surface area contributed by atoms with Crippen molar-refractivity contribution in [2.45, 2.75) is 39.2 Å². The first kappa shape index (κ1) is 23.7. The zero-order valence-electron chi connectivity index (χ0n) is 20.1. The number of carbonyl (C=O) groups excluding carboxylic acids is 3. The van der Waals surface area contributed by atoms with Crippen LogP contribution in [0.4, 0.5) is 16.2 Å². The van der Waals surface area contributed by atoms with E-state index in [1.54, 1.807) is 24.3 Å². The number of benzene rings is 1. The van der Waals surface area contributed by atoms with E-state index >= 15 is 0 Å². The highest BCUT2D eigenvalue weighted by molar-refractivity contribution is 6.05. The number of nitrogens with one attached hydrogen (secondary N) is 2. The summed E-state index contributed by atoms with van der Waals surface area (Å²) in [6.45, 7) is 9.74. The van der Waals surface area contributed by atoms with Gasteiger partial charge in [-0.2, -0.15) is 0 Å². The molecule has 9 nitrogen and oxygen atoms in total. The molecule has 34 heavy (non-hydrogen) atoms. The van der Waals surface area contributed by atoms with Crippen molar-refractivity contribution in [3.05, 3.63) is 47.9 Å². The lowest BCUT2D eigenvalue weighted by atomic mass is 10.1. The number of anilines is 2. The Morgan fingerprint density at radius 1 is 0.912 bits per heavy atom. The van der Waals surface area contributed by atoms with Gasteiger partial charge < -0.3 is 29.8 Å². The lowest BCUT2D eigenvalue weighted by Crippen LogP contribution is -2.55. The number of carbonyl (C=O) groups is 3. The van der Waals surface area contributed by atoms with Gasteiger partial charge >= 0.3 is 6.03 Å². The fourth-order valence-electron chi connectivity index (χ4n) is 4.30. The molecule has 2 aromatic rings. The van der Waals surface area contributed by atoms with E-state index in [-0.39, 0.29) is 29.1 Å². The maximum atomic E-state index is 13.4. The van der Waals surface area contributed by atoms with Gasteiger partial charge in [0.1, 0.15) is 0 Å². The lowest BCUT2D eigenvalue weighted by molar-refractivity contribution is 0.0792. The average molecular weight is 468 g/mol. The van der Waals surface area contributed by atoms with Gasteiger partial charge in [-0.05, 0) is 63.9 Å². The molecular weight excluding hydrogens is 434 g/mol. The minimum atomic E-state index is -0.365.